The first-order valence-corrected chi connectivity index (χ1v) is 7.75. The fourth-order valence-corrected chi connectivity index (χ4v) is 3.90. The van der Waals surface area contributed by atoms with Gasteiger partial charge in [0.1, 0.15) is 5.75 Å². The molecule has 3 atom stereocenters. The van der Waals surface area contributed by atoms with Crippen molar-refractivity contribution < 1.29 is 9.90 Å². The van der Waals surface area contributed by atoms with Crippen LogP contribution in [-0.4, -0.2) is 16.7 Å². The Morgan fingerprint density at radius 3 is 2.86 bits per heavy atom. The summed E-state index contributed by atoms with van der Waals surface area (Å²) in [5, 5.41) is 14.3. The lowest BCUT2D eigenvalue weighted by Gasteiger charge is -2.21. The maximum atomic E-state index is 12.1. The number of hydrazone groups is 1. The van der Waals surface area contributed by atoms with Crippen molar-refractivity contribution in [2.24, 2.45) is 22.9 Å². The first-order chi connectivity index (χ1) is 10.0. The van der Waals surface area contributed by atoms with Gasteiger partial charge in [0.25, 0.3) is 5.91 Å². The van der Waals surface area contributed by atoms with Crippen molar-refractivity contribution in [2.45, 2.75) is 32.6 Å². The Labute approximate surface area is 129 Å². The zero-order chi connectivity index (χ0) is 15.0. The molecule has 0 aromatic heterocycles. The van der Waals surface area contributed by atoms with Crippen molar-refractivity contribution in [2.75, 3.05) is 0 Å². The van der Waals surface area contributed by atoms with E-state index < -0.39 is 5.91 Å². The number of benzene rings is 1. The first-order valence-electron chi connectivity index (χ1n) is 7.37. The highest BCUT2D eigenvalue weighted by molar-refractivity contribution is 6.31. The average Bonchev–Trinajstić information content (AvgIpc) is 3.09. The number of phenolic OH excluding ortho intramolecular Hbond substituents is 1. The average molecular weight is 307 g/mol. The minimum absolute atomic E-state index is 0.0929. The molecule has 0 radical (unpaired) electrons. The maximum Gasteiger partial charge on any atom is 0.275 e. The van der Waals surface area contributed by atoms with Crippen molar-refractivity contribution in [3.8, 4) is 5.75 Å². The molecule has 1 aromatic rings. The van der Waals surface area contributed by atoms with E-state index in [-0.39, 0.29) is 11.3 Å². The molecule has 0 heterocycles. The van der Waals surface area contributed by atoms with Crippen LogP contribution in [0, 0.1) is 17.8 Å². The summed E-state index contributed by atoms with van der Waals surface area (Å²) >= 11 is 5.84. The predicted octanol–water partition coefficient (Wildman–Crippen LogP) is 3.59. The Morgan fingerprint density at radius 2 is 2.19 bits per heavy atom. The van der Waals surface area contributed by atoms with Crippen LogP contribution in [0.2, 0.25) is 5.02 Å². The van der Waals surface area contributed by atoms with Crippen molar-refractivity contribution in [1.29, 1.82) is 0 Å². The van der Waals surface area contributed by atoms with Gasteiger partial charge < -0.3 is 5.11 Å². The second-order valence-corrected chi connectivity index (χ2v) is 6.57. The number of rotatable bonds is 3. The van der Waals surface area contributed by atoms with Crippen LogP contribution in [0.4, 0.5) is 0 Å². The van der Waals surface area contributed by atoms with Gasteiger partial charge in [-0.15, -0.1) is 0 Å². The highest BCUT2D eigenvalue weighted by Crippen LogP contribution is 2.48. The molecule has 4 nitrogen and oxygen atoms in total. The van der Waals surface area contributed by atoms with Crippen LogP contribution >= 0.6 is 11.6 Å². The SMILES string of the molecule is C/C(=N/NC(=O)c1cc(Cl)ccc1O)[C@H]1C[C@H]2CC[C@@H]1C2. The Morgan fingerprint density at radius 1 is 1.38 bits per heavy atom. The summed E-state index contributed by atoms with van der Waals surface area (Å²) in [4.78, 5) is 12.1. The molecule has 21 heavy (non-hydrogen) atoms. The van der Waals surface area contributed by atoms with Gasteiger partial charge in [-0.05, 0) is 56.2 Å². The van der Waals surface area contributed by atoms with Gasteiger partial charge in [-0.3, -0.25) is 4.79 Å². The molecule has 3 rings (SSSR count). The Bertz CT molecular complexity index is 600. The van der Waals surface area contributed by atoms with Gasteiger partial charge in [-0.1, -0.05) is 18.0 Å². The topological polar surface area (TPSA) is 61.7 Å². The number of nitrogens with zero attached hydrogens (tertiary/aromatic N) is 1. The van der Waals surface area contributed by atoms with Crippen LogP contribution in [0.5, 0.6) is 5.75 Å². The number of halogens is 1. The predicted molar refractivity (Wildman–Crippen MR) is 82.6 cm³/mol. The number of carbonyl (C=O) groups is 1. The van der Waals surface area contributed by atoms with Crippen molar-refractivity contribution in [1.82, 2.24) is 5.43 Å². The van der Waals surface area contributed by atoms with Crippen LogP contribution in [0.25, 0.3) is 0 Å². The number of carbonyl (C=O) groups excluding carboxylic acids is 1. The highest BCUT2D eigenvalue weighted by atomic mass is 35.5. The van der Waals surface area contributed by atoms with Gasteiger partial charge >= 0.3 is 0 Å². The molecule has 0 unspecified atom stereocenters. The molecule has 2 aliphatic rings. The molecular weight excluding hydrogens is 288 g/mol. The summed E-state index contributed by atoms with van der Waals surface area (Å²) in [6, 6.07) is 4.38. The van der Waals surface area contributed by atoms with Crippen LogP contribution in [-0.2, 0) is 0 Å². The Kier molecular flexibility index (Phi) is 3.89. The molecule has 112 valence electrons. The van der Waals surface area contributed by atoms with E-state index in [1.807, 2.05) is 6.92 Å². The van der Waals surface area contributed by atoms with Crippen LogP contribution < -0.4 is 5.43 Å². The fraction of sp³-hybridized carbons (Fsp3) is 0.500. The van der Waals surface area contributed by atoms with Crippen molar-refractivity contribution >= 4 is 23.2 Å². The van der Waals surface area contributed by atoms with Gasteiger partial charge in [0, 0.05) is 16.7 Å². The van der Waals surface area contributed by atoms with E-state index >= 15 is 0 Å². The number of amides is 1. The molecule has 1 aromatic carbocycles. The van der Waals surface area contributed by atoms with E-state index in [2.05, 4.69) is 10.5 Å². The standard InChI is InChI=1S/C16H19ClN2O2/c1-9(13-7-10-2-3-11(13)6-10)18-19-16(21)14-8-12(17)4-5-15(14)20/h4-5,8,10-11,13,20H,2-3,6-7H2,1H3,(H,19,21)/b18-9-/t10-,11+,13+/m0/s1. The maximum absolute atomic E-state index is 12.1. The first kappa shape index (κ1) is 14.4. The smallest absolute Gasteiger partial charge is 0.275 e. The minimum atomic E-state index is -0.433. The van der Waals surface area contributed by atoms with Gasteiger partial charge in [-0.25, -0.2) is 5.43 Å². The quantitative estimate of drug-likeness (QED) is 0.662. The van der Waals surface area contributed by atoms with E-state index in [4.69, 9.17) is 11.6 Å². The van der Waals surface area contributed by atoms with E-state index in [1.54, 1.807) is 0 Å². The summed E-state index contributed by atoms with van der Waals surface area (Å²) in [6.45, 7) is 1.98. The second kappa shape index (κ2) is 5.68. The third-order valence-corrected chi connectivity index (χ3v) is 5.05. The zero-order valence-corrected chi connectivity index (χ0v) is 12.7. The van der Waals surface area contributed by atoms with Gasteiger partial charge in [0.05, 0.1) is 5.56 Å². The Hall–Kier alpha value is -1.55. The number of nitrogens with one attached hydrogen (secondary N) is 1. The summed E-state index contributed by atoms with van der Waals surface area (Å²) in [7, 11) is 0. The van der Waals surface area contributed by atoms with Crippen molar-refractivity contribution in [3.63, 3.8) is 0 Å². The van der Waals surface area contributed by atoms with E-state index in [1.165, 1.54) is 43.9 Å². The molecule has 1 amide bonds. The van der Waals surface area contributed by atoms with Crippen LogP contribution in [0.3, 0.4) is 0 Å². The zero-order valence-electron chi connectivity index (χ0n) is 12.0. The number of fused-ring (bicyclic) bond motifs is 2. The van der Waals surface area contributed by atoms with Gasteiger partial charge in [0.15, 0.2) is 0 Å². The van der Waals surface area contributed by atoms with Crippen LogP contribution in [0.1, 0.15) is 43.0 Å². The molecule has 2 N–H and O–H groups in total. The summed E-state index contributed by atoms with van der Waals surface area (Å²) in [5.41, 5.74) is 3.66. The normalized spacial score (nSPS) is 27.9. The lowest BCUT2D eigenvalue weighted by molar-refractivity contribution is 0.0951. The molecular formula is C16H19ClN2O2. The van der Waals surface area contributed by atoms with Crippen LogP contribution in [0.15, 0.2) is 23.3 Å². The van der Waals surface area contributed by atoms with Gasteiger partial charge in [0.2, 0.25) is 0 Å². The lowest BCUT2D eigenvalue weighted by Crippen LogP contribution is -2.24. The third kappa shape index (κ3) is 2.91. The molecule has 2 bridgehead atoms. The molecule has 5 heteroatoms. The number of hydrogen-bond donors (Lipinski definition) is 2. The Balaban J connectivity index is 1.67. The fourth-order valence-electron chi connectivity index (χ4n) is 3.73. The molecule has 0 aliphatic heterocycles. The number of aromatic hydroxyl groups is 1. The summed E-state index contributed by atoms with van der Waals surface area (Å²) < 4.78 is 0. The monoisotopic (exact) mass is 306 g/mol. The lowest BCUT2D eigenvalue weighted by atomic mass is 9.86. The largest absolute Gasteiger partial charge is 0.507 e. The number of hydrogen-bond acceptors (Lipinski definition) is 3. The second-order valence-electron chi connectivity index (χ2n) is 6.14. The highest BCUT2D eigenvalue weighted by Gasteiger charge is 2.40. The minimum Gasteiger partial charge on any atom is -0.507 e. The number of phenols is 1. The molecule has 2 saturated carbocycles. The molecule has 2 fully saturated rings. The molecule has 2 aliphatic carbocycles. The molecule has 0 saturated heterocycles. The van der Waals surface area contributed by atoms with Gasteiger partial charge in [-0.2, -0.15) is 5.10 Å². The van der Waals surface area contributed by atoms with E-state index in [0.717, 1.165) is 17.5 Å². The van der Waals surface area contributed by atoms with E-state index in [9.17, 15) is 9.90 Å². The summed E-state index contributed by atoms with van der Waals surface area (Å²) in [5.74, 6) is 1.55. The summed E-state index contributed by atoms with van der Waals surface area (Å²) in [6.07, 6.45) is 5.13. The van der Waals surface area contributed by atoms with Crippen molar-refractivity contribution in [3.05, 3.63) is 28.8 Å². The van der Waals surface area contributed by atoms with E-state index in [0.29, 0.717) is 10.9 Å². The third-order valence-electron chi connectivity index (χ3n) is 4.81. The molecule has 0 spiro atoms.